The van der Waals surface area contributed by atoms with Crippen LogP contribution in [0.25, 0.3) is 11.3 Å². The van der Waals surface area contributed by atoms with Crippen LogP contribution < -0.4 is 11.3 Å². The van der Waals surface area contributed by atoms with Crippen LogP contribution >= 0.6 is 0 Å². The Balaban J connectivity index is 2.34. The zero-order chi connectivity index (χ0) is 11.4. The van der Waals surface area contributed by atoms with E-state index < -0.39 is 0 Å². The Hall–Kier alpha value is -1.94. The minimum Gasteiger partial charge on any atom is -0.292 e. The Morgan fingerprint density at radius 3 is 2.56 bits per heavy atom. The number of anilines is 1. The highest BCUT2D eigenvalue weighted by atomic mass is 15.3. The number of hydrazine groups is 1. The van der Waals surface area contributed by atoms with Crippen LogP contribution in [0.4, 0.5) is 5.95 Å². The van der Waals surface area contributed by atoms with Crippen molar-refractivity contribution in [2.75, 3.05) is 5.43 Å². The molecule has 4 nitrogen and oxygen atoms in total. The van der Waals surface area contributed by atoms with Gasteiger partial charge in [-0.2, -0.15) is 0 Å². The normalized spacial score (nSPS) is 10.1. The van der Waals surface area contributed by atoms with Gasteiger partial charge in [-0.25, -0.2) is 15.8 Å². The SMILES string of the molecule is CCc1ccc(-c2ccnc(NN)n2)cc1. The zero-order valence-electron chi connectivity index (χ0n) is 9.14. The Labute approximate surface area is 94.5 Å². The molecule has 4 heteroatoms. The minimum atomic E-state index is 0.428. The number of nitrogens with two attached hydrogens (primary N) is 1. The molecular formula is C12H14N4. The van der Waals surface area contributed by atoms with Crippen molar-refractivity contribution >= 4 is 5.95 Å². The largest absolute Gasteiger partial charge is 0.292 e. The van der Waals surface area contributed by atoms with Crippen LogP contribution in [-0.2, 0) is 6.42 Å². The van der Waals surface area contributed by atoms with Crippen LogP contribution in [0.2, 0.25) is 0 Å². The molecule has 2 aromatic rings. The lowest BCUT2D eigenvalue weighted by molar-refractivity contribution is 1.12. The average Bonchev–Trinajstić information content (AvgIpc) is 2.39. The number of aryl methyl sites for hydroxylation is 1. The monoisotopic (exact) mass is 214 g/mol. The summed E-state index contributed by atoms with van der Waals surface area (Å²) in [6, 6.07) is 10.2. The third-order valence-corrected chi connectivity index (χ3v) is 2.44. The van der Waals surface area contributed by atoms with Gasteiger partial charge in [-0.15, -0.1) is 0 Å². The summed E-state index contributed by atoms with van der Waals surface area (Å²) in [7, 11) is 0. The van der Waals surface area contributed by atoms with Crippen molar-refractivity contribution in [1.29, 1.82) is 0 Å². The first kappa shape index (κ1) is 10.6. The van der Waals surface area contributed by atoms with E-state index in [1.807, 2.05) is 6.07 Å². The van der Waals surface area contributed by atoms with E-state index in [0.717, 1.165) is 17.7 Å². The molecule has 82 valence electrons. The molecule has 0 fully saturated rings. The highest BCUT2D eigenvalue weighted by Gasteiger charge is 2.00. The highest BCUT2D eigenvalue weighted by Crippen LogP contribution is 2.18. The number of hydrogen-bond acceptors (Lipinski definition) is 4. The molecule has 0 radical (unpaired) electrons. The molecule has 0 unspecified atom stereocenters. The molecule has 0 amide bonds. The Morgan fingerprint density at radius 1 is 1.19 bits per heavy atom. The Kier molecular flexibility index (Phi) is 3.12. The average molecular weight is 214 g/mol. The molecule has 1 aromatic heterocycles. The van der Waals surface area contributed by atoms with Crippen molar-refractivity contribution in [1.82, 2.24) is 9.97 Å². The fourth-order valence-electron chi connectivity index (χ4n) is 1.50. The molecule has 0 atom stereocenters. The number of nitrogens with zero attached hydrogens (tertiary/aromatic N) is 2. The van der Waals surface area contributed by atoms with E-state index >= 15 is 0 Å². The lowest BCUT2D eigenvalue weighted by Gasteiger charge is -2.03. The first-order valence-corrected chi connectivity index (χ1v) is 5.22. The summed E-state index contributed by atoms with van der Waals surface area (Å²) in [5, 5.41) is 0. The second-order valence-corrected chi connectivity index (χ2v) is 3.46. The second-order valence-electron chi connectivity index (χ2n) is 3.46. The van der Waals surface area contributed by atoms with E-state index in [1.165, 1.54) is 5.56 Å². The summed E-state index contributed by atoms with van der Waals surface area (Å²) < 4.78 is 0. The van der Waals surface area contributed by atoms with Gasteiger partial charge < -0.3 is 0 Å². The quantitative estimate of drug-likeness (QED) is 0.606. The van der Waals surface area contributed by atoms with Gasteiger partial charge in [0.1, 0.15) is 0 Å². The summed E-state index contributed by atoms with van der Waals surface area (Å²) in [6.45, 7) is 2.14. The number of hydrogen-bond donors (Lipinski definition) is 2. The molecule has 0 aliphatic rings. The summed E-state index contributed by atoms with van der Waals surface area (Å²) in [4.78, 5) is 8.24. The molecule has 16 heavy (non-hydrogen) atoms. The van der Waals surface area contributed by atoms with E-state index in [-0.39, 0.29) is 0 Å². The molecule has 0 bridgehead atoms. The van der Waals surface area contributed by atoms with E-state index in [9.17, 15) is 0 Å². The summed E-state index contributed by atoms with van der Waals surface area (Å²) in [6.07, 6.45) is 2.73. The van der Waals surface area contributed by atoms with Gasteiger partial charge in [-0.3, -0.25) is 5.43 Å². The predicted octanol–water partition coefficient (Wildman–Crippen LogP) is 1.99. The molecule has 0 aliphatic carbocycles. The molecule has 0 spiro atoms. The van der Waals surface area contributed by atoms with Crippen LogP contribution in [0.5, 0.6) is 0 Å². The highest BCUT2D eigenvalue weighted by molar-refractivity contribution is 5.60. The second kappa shape index (κ2) is 4.72. The van der Waals surface area contributed by atoms with Crippen LogP contribution in [-0.4, -0.2) is 9.97 Å². The molecule has 1 heterocycles. The van der Waals surface area contributed by atoms with Crippen LogP contribution in [0.15, 0.2) is 36.5 Å². The van der Waals surface area contributed by atoms with E-state index in [4.69, 9.17) is 5.84 Å². The number of nitrogens with one attached hydrogen (secondary N) is 1. The fraction of sp³-hybridized carbons (Fsp3) is 0.167. The first-order valence-electron chi connectivity index (χ1n) is 5.22. The number of aromatic nitrogens is 2. The fourth-order valence-corrected chi connectivity index (χ4v) is 1.50. The number of benzene rings is 1. The van der Waals surface area contributed by atoms with E-state index in [0.29, 0.717) is 5.95 Å². The lowest BCUT2D eigenvalue weighted by atomic mass is 10.1. The van der Waals surface area contributed by atoms with Crippen molar-refractivity contribution in [3.8, 4) is 11.3 Å². The van der Waals surface area contributed by atoms with E-state index in [1.54, 1.807) is 6.20 Å². The molecule has 0 aliphatic heterocycles. The molecule has 0 saturated carbocycles. The number of nitrogen functional groups attached to an aromatic ring is 1. The number of rotatable bonds is 3. The minimum absolute atomic E-state index is 0.428. The van der Waals surface area contributed by atoms with Gasteiger partial charge in [0, 0.05) is 11.8 Å². The maximum Gasteiger partial charge on any atom is 0.237 e. The lowest BCUT2D eigenvalue weighted by Crippen LogP contribution is -2.10. The van der Waals surface area contributed by atoms with Gasteiger partial charge in [0.25, 0.3) is 0 Å². The van der Waals surface area contributed by atoms with Crippen LogP contribution in [0, 0.1) is 0 Å². The van der Waals surface area contributed by atoms with Crippen LogP contribution in [0.3, 0.4) is 0 Å². The summed E-state index contributed by atoms with van der Waals surface area (Å²) in [5.41, 5.74) is 5.68. The first-order chi connectivity index (χ1) is 7.83. The third-order valence-electron chi connectivity index (χ3n) is 2.44. The van der Waals surface area contributed by atoms with Gasteiger partial charge >= 0.3 is 0 Å². The van der Waals surface area contributed by atoms with Crippen molar-refractivity contribution in [3.63, 3.8) is 0 Å². The maximum absolute atomic E-state index is 5.27. The Bertz CT molecular complexity index is 465. The Morgan fingerprint density at radius 2 is 1.94 bits per heavy atom. The van der Waals surface area contributed by atoms with Gasteiger partial charge in [-0.1, -0.05) is 31.2 Å². The predicted molar refractivity (Wildman–Crippen MR) is 64.7 cm³/mol. The van der Waals surface area contributed by atoms with Crippen LogP contribution in [0.1, 0.15) is 12.5 Å². The molecule has 1 aromatic carbocycles. The molecular weight excluding hydrogens is 200 g/mol. The zero-order valence-corrected chi connectivity index (χ0v) is 9.14. The maximum atomic E-state index is 5.27. The van der Waals surface area contributed by atoms with Gasteiger partial charge in [0.05, 0.1) is 5.69 Å². The summed E-state index contributed by atoms with van der Waals surface area (Å²) in [5.74, 6) is 5.70. The van der Waals surface area contributed by atoms with Gasteiger partial charge in [0.15, 0.2) is 0 Å². The van der Waals surface area contributed by atoms with Crippen molar-refractivity contribution in [2.45, 2.75) is 13.3 Å². The third kappa shape index (κ3) is 2.17. The molecule has 2 rings (SSSR count). The smallest absolute Gasteiger partial charge is 0.237 e. The van der Waals surface area contributed by atoms with Gasteiger partial charge in [-0.05, 0) is 18.1 Å². The van der Waals surface area contributed by atoms with Gasteiger partial charge in [0.2, 0.25) is 5.95 Å². The van der Waals surface area contributed by atoms with Crippen molar-refractivity contribution in [3.05, 3.63) is 42.1 Å². The molecule has 3 N–H and O–H groups in total. The topological polar surface area (TPSA) is 63.8 Å². The standard InChI is InChI=1S/C12H14N4/c1-2-9-3-5-10(6-4-9)11-7-8-14-12(15-11)16-13/h3-8H,2,13H2,1H3,(H,14,15,16). The van der Waals surface area contributed by atoms with Crippen molar-refractivity contribution < 1.29 is 0 Å². The van der Waals surface area contributed by atoms with Crippen molar-refractivity contribution in [2.24, 2.45) is 5.84 Å². The molecule has 0 saturated heterocycles. The van der Waals surface area contributed by atoms with E-state index in [2.05, 4.69) is 46.6 Å². The summed E-state index contributed by atoms with van der Waals surface area (Å²) >= 11 is 0.